The van der Waals surface area contributed by atoms with Gasteiger partial charge in [-0.05, 0) is 42.8 Å². The fourth-order valence-electron chi connectivity index (χ4n) is 1.60. The summed E-state index contributed by atoms with van der Waals surface area (Å²) in [5, 5.41) is 0. The number of nitrogens with two attached hydrogens (primary N) is 1. The quantitative estimate of drug-likeness (QED) is 0.827. The highest BCUT2D eigenvalue weighted by molar-refractivity contribution is 9.10. The van der Waals surface area contributed by atoms with Crippen molar-refractivity contribution in [2.45, 2.75) is 11.8 Å². The van der Waals surface area contributed by atoms with Crippen LogP contribution >= 0.6 is 15.9 Å². The summed E-state index contributed by atoms with van der Waals surface area (Å²) in [7, 11) is -3.81. The molecule has 0 fully saturated rings. The van der Waals surface area contributed by atoms with Crippen molar-refractivity contribution in [3.8, 4) is 0 Å². The Balaban J connectivity index is 2.40. The van der Waals surface area contributed by atoms with Crippen molar-refractivity contribution >= 4 is 37.3 Å². The van der Waals surface area contributed by atoms with Crippen molar-refractivity contribution in [1.82, 2.24) is 0 Å². The number of hydrogen-bond donors (Lipinski definition) is 2. The minimum atomic E-state index is -3.81. The Morgan fingerprint density at radius 3 is 2.55 bits per heavy atom. The van der Waals surface area contributed by atoms with Crippen LogP contribution in [0.3, 0.4) is 0 Å². The molecule has 2 aromatic rings. The van der Waals surface area contributed by atoms with Crippen LogP contribution < -0.4 is 10.5 Å². The Labute approximate surface area is 125 Å². The maximum absolute atomic E-state index is 13.1. The molecule has 106 valence electrons. The molecule has 0 aliphatic rings. The summed E-state index contributed by atoms with van der Waals surface area (Å²) in [5.41, 5.74) is 6.40. The summed E-state index contributed by atoms with van der Waals surface area (Å²) in [6, 6.07) is 8.52. The molecule has 0 bridgehead atoms. The van der Waals surface area contributed by atoms with Crippen molar-refractivity contribution in [3.63, 3.8) is 0 Å². The molecule has 3 N–H and O–H groups in total. The first-order chi connectivity index (χ1) is 9.29. The Morgan fingerprint density at radius 2 is 1.90 bits per heavy atom. The van der Waals surface area contributed by atoms with Gasteiger partial charge in [0.15, 0.2) is 0 Å². The first-order valence-corrected chi connectivity index (χ1v) is 7.91. The van der Waals surface area contributed by atoms with Gasteiger partial charge in [-0.2, -0.15) is 0 Å². The van der Waals surface area contributed by atoms with Crippen molar-refractivity contribution in [2.75, 3.05) is 10.5 Å². The van der Waals surface area contributed by atoms with Crippen molar-refractivity contribution in [2.24, 2.45) is 0 Å². The van der Waals surface area contributed by atoms with Crippen LogP contribution in [0.4, 0.5) is 15.8 Å². The highest BCUT2D eigenvalue weighted by Gasteiger charge is 2.16. The number of nitrogen functional groups attached to an aromatic ring is 1. The Morgan fingerprint density at radius 1 is 1.20 bits per heavy atom. The fraction of sp³-hybridized carbons (Fsp3) is 0.0769. The van der Waals surface area contributed by atoms with Gasteiger partial charge in [-0.15, -0.1) is 0 Å². The molecular weight excluding hydrogens is 347 g/mol. The zero-order chi connectivity index (χ0) is 14.9. The van der Waals surface area contributed by atoms with E-state index in [9.17, 15) is 12.8 Å². The third-order valence-corrected chi connectivity index (χ3v) is 4.58. The molecule has 0 aliphatic heterocycles. The van der Waals surface area contributed by atoms with E-state index >= 15 is 0 Å². The summed E-state index contributed by atoms with van der Waals surface area (Å²) < 4.78 is 40.7. The van der Waals surface area contributed by atoms with Crippen LogP contribution in [0, 0.1) is 12.7 Å². The van der Waals surface area contributed by atoms with Gasteiger partial charge < -0.3 is 5.73 Å². The Bertz CT molecular complexity index is 763. The van der Waals surface area contributed by atoms with Gasteiger partial charge >= 0.3 is 0 Å². The molecule has 20 heavy (non-hydrogen) atoms. The monoisotopic (exact) mass is 358 g/mol. The number of sulfonamides is 1. The lowest BCUT2D eigenvalue weighted by Crippen LogP contribution is -2.14. The number of nitrogens with one attached hydrogen (secondary N) is 1. The average molecular weight is 359 g/mol. The van der Waals surface area contributed by atoms with Crippen molar-refractivity contribution < 1.29 is 12.8 Å². The van der Waals surface area contributed by atoms with Gasteiger partial charge in [-0.1, -0.05) is 22.0 Å². The van der Waals surface area contributed by atoms with Crippen molar-refractivity contribution in [1.29, 1.82) is 0 Å². The predicted molar refractivity (Wildman–Crippen MR) is 80.5 cm³/mol. The Kier molecular flexibility index (Phi) is 4.01. The highest BCUT2D eigenvalue weighted by atomic mass is 79.9. The zero-order valence-corrected chi connectivity index (χ0v) is 12.9. The molecule has 0 unspecified atom stereocenters. The lowest BCUT2D eigenvalue weighted by molar-refractivity contribution is 0.600. The smallest absolute Gasteiger partial charge is 0.261 e. The van der Waals surface area contributed by atoms with E-state index in [4.69, 9.17) is 5.73 Å². The number of rotatable bonds is 3. The molecule has 0 heterocycles. The van der Waals surface area contributed by atoms with Crippen LogP contribution in [0.25, 0.3) is 0 Å². The second-order valence-corrected chi connectivity index (χ2v) is 6.85. The summed E-state index contributed by atoms with van der Waals surface area (Å²) >= 11 is 3.28. The molecule has 0 spiro atoms. The molecule has 0 saturated heterocycles. The molecule has 0 radical (unpaired) electrons. The molecule has 7 heteroatoms. The van der Waals surface area contributed by atoms with E-state index in [1.54, 1.807) is 19.1 Å². The number of anilines is 2. The Hall–Kier alpha value is -1.60. The second kappa shape index (κ2) is 5.41. The minimum absolute atomic E-state index is 0.0872. The summed E-state index contributed by atoms with van der Waals surface area (Å²) in [6.07, 6.45) is 0. The second-order valence-electron chi connectivity index (χ2n) is 4.25. The van der Waals surface area contributed by atoms with Crippen LogP contribution in [0.1, 0.15) is 5.56 Å². The third-order valence-electron chi connectivity index (χ3n) is 2.72. The van der Waals surface area contributed by atoms with E-state index in [0.29, 0.717) is 5.69 Å². The van der Waals surface area contributed by atoms with E-state index in [2.05, 4.69) is 20.7 Å². The molecule has 4 nitrogen and oxygen atoms in total. The predicted octanol–water partition coefficient (Wildman–Crippen LogP) is 3.28. The van der Waals surface area contributed by atoms with Crippen LogP contribution in [0.15, 0.2) is 45.8 Å². The molecule has 2 aromatic carbocycles. The van der Waals surface area contributed by atoms with Crippen molar-refractivity contribution in [3.05, 3.63) is 52.3 Å². The van der Waals surface area contributed by atoms with Gasteiger partial charge in [0.25, 0.3) is 10.0 Å². The summed E-state index contributed by atoms with van der Waals surface area (Å²) in [6.45, 7) is 1.78. The molecule has 2 rings (SSSR count). The maximum Gasteiger partial charge on any atom is 0.261 e. The normalized spacial score (nSPS) is 11.3. The standard InChI is InChI=1S/C13H12BrFN2O2S/c1-8-2-3-9(14)6-13(8)17-20(18,19)10-4-5-11(15)12(16)7-10/h2-7,17H,16H2,1H3. The van der Waals surface area contributed by atoms with Crippen LogP contribution in [0.2, 0.25) is 0 Å². The first kappa shape index (κ1) is 14.8. The average Bonchev–Trinajstić information content (AvgIpc) is 2.36. The molecular formula is C13H12BrFN2O2S. The zero-order valence-electron chi connectivity index (χ0n) is 10.5. The lowest BCUT2D eigenvalue weighted by atomic mass is 10.2. The lowest BCUT2D eigenvalue weighted by Gasteiger charge is -2.11. The van der Waals surface area contributed by atoms with E-state index in [1.165, 1.54) is 6.07 Å². The highest BCUT2D eigenvalue weighted by Crippen LogP contribution is 2.24. The minimum Gasteiger partial charge on any atom is -0.396 e. The number of aryl methyl sites for hydroxylation is 1. The number of hydrogen-bond acceptors (Lipinski definition) is 3. The fourth-order valence-corrected chi connectivity index (χ4v) is 3.11. The topological polar surface area (TPSA) is 72.2 Å². The van der Waals surface area contributed by atoms with Crippen LogP contribution in [0.5, 0.6) is 0 Å². The number of halogens is 2. The van der Waals surface area contributed by atoms with E-state index in [-0.39, 0.29) is 10.6 Å². The summed E-state index contributed by atoms with van der Waals surface area (Å²) in [5.74, 6) is -0.650. The van der Waals surface area contributed by atoms with Crippen LogP contribution in [-0.4, -0.2) is 8.42 Å². The summed E-state index contributed by atoms with van der Waals surface area (Å²) in [4.78, 5) is -0.0872. The first-order valence-electron chi connectivity index (χ1n) is 5.63. The van der Waals surface area contributed by atoms with Gasteiger partial charge in [0.1, 0.15) is 5.82 Å². The van der Waals surface area contributed by atoms with Gasteiger partial charge in [0.2, 0.25) is 0 Å². The molecule has 0 aromatic heterocycles. The number of benzene rings is 2. The molecule has 0 atom stereocenters. The van der Waals surface area contributed by atoms with E-state index in [1.807, 2.05) is 6.07 Å². The largest absolute Gasteiger partial charge is 0.396 e. The van der Waals surface area contributed by atoms with E-state index < -0.39 is 15.8 Å². The molecule has 0 aliphatic carbocycles. The molecule has 0 saturated carbocycles. The van der Waals surface area contributed by atoms with Gasteiger partial charge in [-0.3, -0.25) is 4.72 Å². The van der Waals surface area contributed by atoms with Crippen LogP contribution in [-0.2, 0) is 10.0 Å². The van der Waals surface area contributed by atoms with E-state index in [0.717, 1.165) is 22.2 Å². The molecule has 0 amide bonds. The third kappa shape index (κ3) is 3.10. The van der Waals surface area contributed by atoms with Gasteiger partial charge in [0.05, 0.1) is 16.3 Å². The van der Waals surface area contributed by atoms with Gasteiger partial charge in [-0.25, -0.2) is 12.8 Å². The maximum atomic E-state index is 13.1. The van der Waals surface area contributed by atoms with Gasteiger partial charge in [0, 0.05) is 4.47 Å². The SMILES string of the molecule is Cc1ccc(Br)cc1NS(=O)(=O)c1ccc(F)c(N)c1.